The first kappa shape index (κ1) is 8.44. The zero-order valence-electron chi connectivity index (χ0n) is 7.52. The van der Waals surface area contributed by atoms with E-state index in [-0.39, 0.29) is 5.41 Å². The molecule has 1 aliphatic heterocycles. The zero-order valence-corrected chi connectivity index (χ0v) is 7.52. The summed E-state index contributed by atoms with van der Waals surface area (Å²) in [5.41, 5.74) is 0.194. The molecule has 0 radical (unpaired) electrons. The lowest BCUT2D eigenvalue weighted by molar-refractivity contribution is 0.0507. The van der Waals surface area contributed by atoms with E-state index >= 15 is 0 Å². The van der Waals surface area contributed by atoms with E-state index in [0.29, 0.717) is 25.1 Å². The summed E-state index contributed by atoms with van der Waals surface area (Å²) in [5, 5.41) is 0. The Morgan fingerprint density at radius 3 is 2.73 bits per heavy atom. The highest BCUT2D eigenvalue weighted by molar-refractivity contribution is 4.82. The van der Waals surface area contributed by atoms with Gasteiger partial charge in [0.2, 0.25) is 0 Å². The first-order chi connectivity index (χ1) is 5.02. The third-order valence-electron chi connectivity index (χ3n) is 2.43. The summed E-state index contributed by atoms with van der Waals surface area (Å²) in [6, 6.07) is 0. The minimum atomic E-state index is 0.194. The minimum absolute atomic E-state index is 0.194. The largest absolute Gasteiger partial charge is 0.466 e. The van der Waals surface area contributed by atoms with Gasteiger partial charge in [0.1, 0.15) is 0 Å². The third-order valence-corrected chi connectivity index (χ3v) is 2.43. The molecule has 1 atom stereocenters. The summed E-state index contributed by atoms with van der Waals surface area (Å²) in [7, 11) is 0. The van der Waals surface area contributed by atoms with Gasteiger partial charge >= 0.3 is 0 Å². The van der Waals surface area contributed by atoms with Crippen molar-refractivity contribution in [2.24, 2.45) is 11.3 Å². The van der Waals surface area contributed by atoms with Gasteiger partial charge < -0.3 is 9.47 Å². The fourth-order valence-electron chi connectivity index (χ4n) is 0.894. The monoisotopic (exact) mass is 156 g/mol. The average molecular weight is 156 g/mol. The molecule has 0 spiro atoms. The molecule has 2 nitrogen and oxygen atoms in total. The van der Waals surface area contributed by atoms with Crippen molar-refractivity contribution in [1.29, 1.82) is 0 Å². The second kappa shape index (κ2) is 2.76. The molecule has 0 amide bonds. The first-order valence-corrected chi connectivity index (χ1v) is 3.97. The second-order valence-electron chi connectivity index (χ2n) is 3.86. The van der Waals surface area contributed by atoms with E-state index in [2.05, 4.69) is 27.4 Å². The molecule has 0 aromatic carbocycles. The number of hydrogen-bond acceptors (Lipinski definition) is 2. The highest BCUT2D eigenvalue weighted by Crippen LogP contribution is 2.30. The van der Waals surface area contributed by atoms with E-state index in [1.165, 1.54) is 0 Å². The molecule has 0 N–H and O–H groups in total. The van der Waals surface area contributed by atoms with E-state index in [1.807, 2.05) is 0 Å². The van der Waals surface area contributed by atoms with Gasteiger partial charge in [-0.15, -0.1) is 0 Å². The van der Waals surface area contributed by atoms with Crippen molar-refractivity contribution in [1.82, 2.24) is 0 Å². The molecule has 0 aromatic rings. The van der Waals surface area contributed by atoms with Crippen molar-refractivity contribution in [3.63, 3.8) is 0 Å². The van der Waals surface area contributed by atoms with Crippen LogP contribution < -0.4 is 0 Å². The van der Waals surface area contributed by atoms with E-state index < -0.39 is 0 Å². The molecular weight excluding hydrogens is 140 g/mol. The fourth-order valence-corrected chi connectivity index (χ4v) is 0.894. The lowest BCUT2D eigenvalue weighted by Gasteiger charge is -2.26. The molecule has 0 bridgehead atoms. The standard InChI is InChI=1S/C9H16O2/c1-7-5-10-8(2)11-6-9(7,3)4/h7H,2,5-6H2,1,3-4H3. The van der Waals surface area contributed by atoms with E-state index in [1.54, 1.807) is 0 Å². The number of hydrogen-bond donors (Lipinski definition) is 0. The lowest BCUT2D eigenvalue weighted by atomic mass is 9.81. The molecule has 64 valence electrons. The van der Waals surface area contributed by atoms with Crippen LogP contribution in [0.3, 0.4) is 0 Å². The molecule has 1 rings (SSSR count). The van der Waals surface area contributed by atoms with Crippen molar-refractivity contribution in [2.75, 3.05) is 13.2 Å². The molecule has 1 aliphatic rings. The highest BCUT2D eigenvalue weighted by atomic mass is 16.7. The molecule has 0 aromatic heterocycles. The Morgan fingerprint density at radius 1 is 1.45 bits per heavy atom. The van der Waals surface area contributed by atoms with Crippen molar-refractivity contribution >= 4 is 0 Å². The number of rotatable bonds is 0. The molecule has 0 saturated carbocycles. The molecule has 1 unspecified atom stereocenters. The van der Waals surface area contributed by atoms with Gasteiger partial charge in [-0.2, -0.15) is 0 Å². The van der Waals surface area contributed by atoms with Crippen LogP contribution in [0.1, 0.15) is 20.8 Å². The Hall–Kier alpha value is -0.660. The fraction of sp³-hybridized carbons (Fsp3) is 0.778. The summed E-state index contributed by atoms with van der Waals surface area (Å²) in [6.07, 6.45) is 0. The maximum absolute atomic E-state index is 5.27. The summed E-state index contributed by atoms with van der Waals surface area (Å²) < 4.78 is 10.5. The summed E-state index contributed by atoms with van der Waals surface area (Å²) in [6.45, 7) is 11.6. The summed E-state index contributed by atoms with van der Waals surface area (Å²) in [5.74, 6) is 0.976. The molecule has 1 saturated heterocycles. The zero-order chi connectivity index (χ0) is 8.48. The topological polar surface area (TPSA) is 18.5 Å². The van der Waals surface area contributed by atoms with Crippen LogP contribution in [0.5, 0.6) is 0 Å². The van der Waals surface area contributed by atoms with E-state index in [0.717, 1.165) is 0 Å². The van der Waals surface area contributed by atoms with Crippen molar-refractivity contribution in [3.8, 4) is 0 Å². The molecule has 2 heteroatoms. The van der Waals surface area contributed by atoms with Gasteiger partial charge in [-0.3, -0.25) is 0 Å². The van der Waals surface area contributed by atoms with Gasteiger partial charge in [0.15, 0.2) is 0 Å². The average Bonchev–Trinajstić information content (AvgIpc) is 2.03. The maximum Gasteiger partial charge on any atom is 0.271 e. The van der Waals surface area contributed by atoms with Crippen LogP contribution in [0.2, 0.25) is 0 Å². The third kappa shape index (κ3) is 1.88. The molecular formula is C9H16O2. The van der Waals surface area contributed by atoms with Gasteiger partial charge in [-0.05, 0) is 12.5 Å². The summed E-state index contributed by atoms with van der Waals surface area (Å²) >= 11 is 0. The summed E-state index contributed by atoms with van der Waals surface area (Å²) in [4.78, 5) is 0. The molecule has 0 aliphatic carbocycles. The predicted molar refractivity (Wildman–Crippen MR) is 44.0 cm³/mol. The molecule has 1 fully saturated rings. The van der Waals surface area contributed by atoms with Crippen LogP contribution in [-0.4, -0.2) is 13.2 Å². The normalized spacial score (nSPS) is 30.1. The Bertz CT molecular complexity index is 161. The van der Waals surface area contributed by atoms with Crippen LogP contribution in [0.25, 0.3) is 0 Å². The quantitative estimate of drug-likeness (QED) is 0.535. The van der Waals surface area contributed by atoms with Gasteiger partial charge in [-0.1, -0.05) is 20.8 Å². The molecule has 1 heterocycles. The lowest BCUT2D eigenvalue weighted by Crippen LogP contribution is -2.27. The predicted octanol–water partition coefficient (Wildman–Crippen LogP) is 2.17. The van der Waals surface area contributed by atoms with Crippen LogP contribution >= 0.6 is 0 Å². The van der Waals surface area contributed by atoms with Crippen molar-refractivity contribution in [3.05, 3.63) is 12.5 Å². The van der Waals surface area contributed by atoms with E-state index in [4.69, 9.17) is 9.47 Å². The Morgan fingerprint density at radius 2 is 2.09 bits per heavy atom. The van der Waals surface area contributed by atoms with Crippen LogP contribution in [0, 0.1) is 11.3 Å². The van der Waals surface area contributed by atoms with Gasteiger partial charge in [0.25, 0.3) is 5.95 Å². The van der Waals surface area contributed by atoms with Crippen molar-refractivity contribution < 1.29 is 9.47 Å². The maximum atomic E-state index is 5.27. The minimum Gasteiger partial charge on any atom is -0.466 e. The van der Waals surface area contributed by atoms with Gasteiger partial charge in [-0.25, -0.2) is 0 Å². The first-order valence-electron chi connectivity index (χ1n) is 3.97. The Balaban J connectivity index is 2.63. The SMILES string of the molecule is C=C1OCC(C)C(C)(C)CO1. The van der Waals surface area contributed by atoms with Crippen molar-refractivity contribution in [2.45, 2.75) is 20.8 Å². The van der Waals surface area contributed by atoms with Crippen LogP contribution in [0.4, 0.5) is 0 Å². The van der Waals surface area contributed by atoms with Crippen LogP contribution in [-0.2, 0) is 9.47 Å². The Kier molecular flexibility index (Phi) is 2.12. The second-order valence-corrected chi connectivity index (χ2v) is 3.86. The highest BCUT2D eigenvalue weighted by Gasteiger charge is 2.30. The Labute approximate surface area is 68.2 Å². The van der Waals surface area contributed by atoms with E-state index in [9.17, 15) is 0 Å². The van der Waals surface area contributed by atoms with Gasteiger partial charge in [0, 0.05) is 5.41 Å². The molecule has 11 heavy (non-hydrogen) atoms. The van der Waals surface area contributed by atoms with Crippen LogP contribution in [0.15, 0.2) is 12.5 Å². The smallest absolute Gasteiger partial charge is 0.271 e. The number of ether oxygens (including phenoxy) is 2. The van der Waals surface area contributed by atoms with Gasteiger partial charge in [0.05, 0.1) is 13.2 Å².